The second-order valence-corrected chi connectivity index (χ2v) is 5.74. The number of methoxy groups -OCH3 is 1. The number of likely N-dealkylation sites (tertiary alicyclic amines) is 1. The van der Waals surface area contributed by atoms with Crippen LogP contribution in [0.3, 0.4) is 0 Å². The molecule has 0 bridgehead atoms. The lowest BCUT2D eigenvalue weighted by Gasteiger charge is -2.26. The van der Waals surface area contributed by atoms with Crippen molar-refractivity contribution in [2.75, 3.05) is 33.4 Å². The highest BCUT2D eigenvalue weighted by Gasteiger charge is 2.17. The first-order valence-electron chi connectivity index (χ1n) is 8.44. The van der Waals surface area contributed by atoms with Crippen molar-refractivity contribution < 1.29 is 23.8 Å². The standard InChI is InChI=1S/C19H22N2O5/c1-24-17-13-15(5-7-16(17)25-12-9-20)6-8-19(23)26-14-18(22)21-10-3-2-4-11-21/h5-8,13H,2-4,10-12,14H2,1H3/b8-6+. The molecule has 1 aliphatic heterocycles. The smallest absolute Gasteiger partial charge is 0.331 e. The molecular weight excluding hydrogens is 336 g/mol. The van der Waals surface area contributed by atoms with Crippen molar-refractivity contribution in [2.45, 2.75) is 19.3 Å². The molecule has 7 heteroatoms. The summed E-state index contributed by atoms with van der Waals surface area (Å²) in [6, 6.07) is 6.93. The monoisotopic (exact) mass is 358 g/mol. The van der Waals surface area contributed by atoms with Gasteiger partial charge in [-0.25, -0.2) is 4.79 Å². The molecule has 0 aliphatic carbocycles. The first kappa shape index (κ1) is 19.3. The zero-order chi connectivity index (χ0) is 18.8. The summed E-state index contributed by atoms with van der Waals surface area (Å²) >= 11 is 0. The molecule has 1 heterocycles. The second kappa shape index (κ2) is 10.1. The van der Waals surface area contributed by atoms with Crippen molar-refractivity contribution in [1.29, 1.82) is 5.26 Å². The van der Waals surface area contributed by atoms with E-state index in [1.54, 1.807) is 29.2 Å². The topological polar surface area (TPSA) is 88.9 Å². The Balaban J connectivity index is 1.86. The van der Waals surface area contributed by atoms with Crippen LogP contribution >= 0.6 is 0 Å². The quantitative estimate of drug-likeness (QED) is 0.548. The molecule has 0 aromatic heterocycles. The number of esters is 1. The van der Waals surface area contributed by atoms with E-state index >= 15 is 0 Å². The highest BCUT2D eigenvalue weighted by molar-refractivity contribution is 5.89. The van der Waals surface area contributed by atoms with E-state index < -0.39 is 5.97 Å². The molecule has 0 unspecified atom stereocenters. The number of nitriles is 1. The van der Waals surface area contributed by atoms with Crippen LogP contribution in [-0.2, 0) is 14.3 Å². The van der Waals surface area contributed by atoms with Crippen molar-refractivity contribution in [3.63, 3.8) is 0 Å². The Bertz CT molecular complexity index is 702. The van der Waals surface area contributed by atoms with Crippen molar-refractivity contribution in [2.24, 2.45) is 0 Å². The summed E-state index contributed by atoms with van der Waals surface area (Å²) in [6.45, 7) is 1.13. The van der Waals surface area contributed by atoms with E-state index in [1.165, 1.54) is 13.2 Å². The summed E-state index contributed by atoms with van der Waals surface area (Å²) in [4.78, 5) is 25.5. The number of nitrogens with zero attached hydrogens (tertiary/aromatic N) is 2. The van der Waals surface area contributed by atoms with Gasteiger partial charge in [-0.3, -0.25) is 4.79 Å². The number of carbonyl (C=O) groups excluding carboxylic acids is 2. The molecule has 1 fully saturated rings. The molecular formula is C19H22N2O5. The minimum atomic E-state index is -0.584. The van der Waals surface area contributed by atoms with Crippen LogP contribution in [0, 0.1) is 11.3 Å². The molecule has 7 nitrogen and oxygen atoms in total. The SMILES string of the molecule is COc1cc(/C=C/C(=O)OCC(=O)N2CCCCC2)ccc1OCC#N. The van der Waals surface area contributed by atoms with Gasteiger partial charge < -0.3 is 19.1 Å². The first-order valence-corrected chi connectivity index (χ1v) is 8.44. The van der Waals surface area contributed by atoms with Crippen molar-refractivity contribution in [3.8, 4) is 17.6 Å². The van der Waals surface area contributed by atoms with Gasteiger partial charge in [0.25, 0.3) is 5.91 Å². The summed E-state index contributed by atoms with van der Waals surface area (Å²) in [5.74, 6) is 0.156. The van der Waals surface area contributed by atoms with Gasteiger partial charge in [-0.2, -0.15) is 5.26 Å². The van der Waals surface area contributed by atoms with Crippen LogP contribution in [0.2, 0.25) is 0 Å². The molecule has 1 aromatic rings. The van der Waals surface area contributed by atoms with Crippen LogP contribution in [0.5, 0.6) is 11.5 Å². The second-order valence-electron chi connectivity index (χ2n) is 5.74. The Morgan fingerprint density at radius 3 is 2.69 bits per heavy atom. The number of hydrogen-bond acceptors (Lipinski definition) is 6. The molecule has 0 radical (unpaired) electrons. The lowest BCUT2D eigenvalue weighted by atomic mass is 10.1. The average Bonchev–Trinajstić information content (AvgIpc) is 2.69. The fourth-order valence-electron chi connectivity index (χ4n) is 2.60. The largest absolute Gasteiger partial charge is 0.493 e. The van der Waals surface area contributed by atoms with E-state index in [2.05, 4.69) is 0 Å². The fraction of sp³-hybridized carbons (Fsp3) is 0.421. The van der Waals surface area contributed by atoms with Gasteiger partial charge in [-0.05, 0) is 43.0 Å². The molecule has 0 spiro atoms. The van der Waals surface area contributed by atoms with E-state index in [4.69, 9.17) is 19.5 Å². The summed E-state index contributed by atoms with van der Waals surface area (Å²) < 4.78 is 15.4. The van der Waals surface area contributed by atoms with Gasteiger partial charge in [0.15, 0.2) is 24.7 Å². The zero-order valence-corrected chi connectivity index (χ0v) is 14.8. The van der Waals surface area contributed by atoms with Gasteiger partial charge in [-0.1, -0.05) is 6.07 Å². The van der Waals surface area contributed by atoms with Gasteiger partial charge in [0.1, 0.15) is 6.07 Å². The van der Waals surface area contributed by atoms with E-state index in [0.29, 0.717) is 17.1 Å². The average molecular weight is 358 g/mol. The number of piperidine rings is 1. The first-order chi connectivity index (χ1) is 12.6. The Morgan fingerprint density at radius 1 is 1.23 bits per heavy atom. The number of amides is 1. The molecule has 1 amide bonds. The van der Waals surface area contributed by atoms with Crippen molar-refractivity contribution in [3.05, 3.63) is 29.8 Å². The zero-order valence-electron chi connectivity index (χ0n) is 14.8. The van der Waals surface area contributed by atoms with Crippen LogP contribution in [0.25, 0.3) is 6.08 Å². The predicted molar refractivity (Wildman–Crippen MR) is 94.5 cm³/mol. The molecule has 0 atom stereocenters. The number of benzene rings is 1. The molecule has 1 saturated heterocycles. The van der Waals surface area contributed by atoms with E-state index in [1.807, 2.05) is 6.07 Å². The Morgan fingerprint density at radius 2 is 2.00 bits per heavy atom. The third-order valence-electron chi connectivity index (χ3n) is 3.94. The van der Waals surface area contributed by atoms with Crippen molar-refractivity contribution in [1.82, 2.24) is 4.90 Å². The molecule has 1 aliphatic rings. The predicted octanol–water partition coefficient (Wildman–Crippen LogP) is 2.17. The summed E-state index contributed by atoms with van der Waals surface area (Å²) in [5, 5.41) is 8.56. The highest BCUT2D eigenvalue weighted by Crippen LogP contribution is 2.28. The van der Waals surface area contributed by atoms with E-state index in [0.717, 1.165) is 32.4 Å². The maximum atomic E-state index is 12.0. The van der Waals surface area contributed by atoms with Gasteiger partial charge in [0, 0.05) is 19.2 Å². The molecule has 2 rings (SSSR count). The van der Waals surface area contributed by atoms with E-state index in [-0.39, 0.29) is 19.1 Å². The third-order valence-corrected chi connectivity index (χ3v) is 3.94. The number of carbonyl (C=O) groups is 2. The third kappa shape index (κ3) is 5.81. The Kier molecular flexibility index (Phi) is 7.49. The van der Waals surface area contributed by atoms with Crippen LogP contribution in [-0.4, -0.2) is 50.2 Å². The number of hydrogen-bond donors (Lipinski definition) is 0. The number of ether oxygens (including phenoxy) is 3. The molecule has 1 aromatic carbocycles. The van der Waals surface area contributed by atoms with Gasteiger partial charge in [0.2, 0.25) is 0 Å². The maximum absolute atomic E-state index is 12.0. The van der Waals surface area contributed by atoms with E-state index in [9.17, 15) is 9.59 Å². The van der Waals surface area contributed by atoms with Crippen LogP contribution in [0.4, 0.5) is 0 Å². The Hall–Kier alpha value is -3.01. The van der Waals surface area contributed by atoms with Crippen LogP contribution in [0.1, 0.15) is 24.8 Å². The normalized spacial score (nSPS) is 13.9. The minimum Gasteiger partial charge on any atom is -0.493 e. The fourth-order valence-corrected chi connectivity index (χ4v) is 2.60. The molecule has 0 N–H and O–H groups in total. The summed E-state index contributed by atoms with van der Waals surface area (Å²) in [6.07, 6.45) is 5.94. The number of rotatable bonds is 7. The van der Waals surface area contributed by atoms with Crippen LogP contribution < -0.4 is 9.47 Å². The Labute approximate surface area is 152 Å². The molecule has 26 heavy (non-hydrogen) atoms. The minimum absolute atomic E-state index is 0.0804. The van der Waals surface area contributed by atoms with Gasteiger partial charge in [-0.15, -0.1) is 0 Å². The lowest BCUT2D eigenvalue weighted by Crippen LogP contribution is -2.38. The molecule has 0 saturated carbocycles. The molecule has 138 valence electrons. The lowest BCUT2D eigenvalue weighted by molar-refractivity contribution is -0.148. The van der Waals surface area contributed by atoms with Crippen LogP contribution in [0.15, 0.2) is 24.3 Å². The van der Waals surface area contributed by atoms with Gasteiger partial charge >= 0.3 is 5.97 Å². The summed E-state index contributed by atoms with van der Waals surface area (Å²) in [5.41, 5.74) is 0.700. The maximum Gasteiger partial charge on any atom is 0.331 e. The van der Waals surface area contributed by atoms with Gasteiger partial charge in [0.05, 0.1) is 7.11 Å². The summed E-state index contributed by atoms with van der Waals surface area (Å²) in [7, 11) is 1.49. The highest BCUT2D eigenvalue weighted by atomic mass is 16.5. The van der Waals surface area contributed by atoms with Crippen molar-refractivity contribution >= 4 is 18.0 Å².